The summed E-state index contributed by atoms with van der Waals surface area (Å²) in [5.41, 5.74) is 0.988. The van der Waals surface area contributed by atoms with Gasteiger partial charge in [-0.25, -0.2) is 0 Å². The summed E-state index contributed by atoms with van der Waals surface area (Å²) < 4.78 is 45.1. The highest BCUT2D eigenvalue weighted by molar-refractivity contribution is 8.27. The van der Waals surface area contributed by atoms with Gasteiger partial charge in [-0.05, 0) is 49.8 Å². The molecule has 0 aromatic heterocycles. The molecule has 1 fully saturated rings. The number of alkyl halides is 3. The highest BCUT2D eigenvalue weighted by Crippen LogP contribution is 2.41. The van der Waals surface area contributed by atoms with E-state index in [2.05, 4.69) is 0 Å². The number of carbonyl (C=O) groups is 1. The molecule has 1 aliphatic rings. The standard InChI is InChI=1S/C25H17F3N2O4S2/c1-14-7-9-18(15(2)11-14)29-23(31)22(36-24(29)35)12-16-5-3-4-6-20(16)34-21-10-8-17(25(26,27)28)13-19(21)30(32)33/h3-13H,1-2H3/b22-12-. The van der Waals surface area contributed by atoms with Gasteiger partial charge in [0.2, 0.25) is 5.75 Å². The Labute approximate surface area is 213 Å². The zero-order valence-electron chi connectivity index (χ0n) is 18.8. The molecule has 0 bridgehead atoms. The average molecular weight is 531 g/mol. The molecule has 0 radical (unpaired) electrons. The Morgan fingerprint density at radius 2 is 1.78 bits per heavy atom. The number of nitro benzene ring substituents is 1. The zero-order valence-corrected chi connectivity index (χ0v) is 20.5. The van der Waals surface area contributed by atoms with Crippen molar-refractivity contribution in [3.05, 3.63) is 97.9 Å². The molecule has 11 heteroatoms. The molecule has 0 N–H and O–H groups in total. The van der Waals surface area contributed by atoms with E-state index >= 15 is 0 Å². The largest absolute Gasteiger partial charge is 0.449 e. The zero-order chi connectivity index (χ0) is 26.2. The molecule has 0 unspecified atom stereocenters. The Kier molecular flexibility index (Phi) is 6.87. The van der Waals surface area contributed by atoms with Crippen molar-refractivity contribution in [3.8, 4) is 11.5 Å². The monoisotopic (exact) mass is 530 g/mol. The first-order valence-corrected chi connectivity index (χ1v) is 11.7. The number of nitro groups is 1. The number of rotatable bonds is 5. The van der Waals surface area contributed by atoms with Crippen molar-refractivity contribution in [2.75, 3.05) is 4.90 Å². The van der Waals surface area contributed by atoms with E-state index in [-0.39, 0.29) is 17.4 Å². The van der Waals surface area contributed by atoms with Gasteiger partial charge in [0.1, 0.15) is 5.75 Å². The molecule has 3 aromatic carbocycles. The van der Waals surface area contributed by atoms with E-state index in [0.29, 0.717) is 32.6 Å². The minimum absolute atomic E-state index is 0.122. The molecule has 6 nitrogen and oxygen atoms in total. The number of benzene rings is 3. The third kappa shape index (κ3) is 5.12. The van der Waals surface area contributed by atoms with Crippen LogP contribution in [0, 0.1) is 24.0 Å². The van der Waals surface area contributed by atoms with Gasteiger partial charge in [-0.3, -0.25) is 19.8 Å². The SMILES string of the molecule is Cc1ccc(N2C(=O)/C(=C/c3ccccc3Oc3ccc(C(F)(F)F)cc3[N+](=O)[O-])SC2=S)c(C)c1. The first kappa shape index (κ1) is 25.4. The third-order valence-electron chi connectivity index (χ3n) is 5.30. The van der Waals surface area contributed by atoms with E-state index in [1.54, 1.807) is 18.2 Å². The number of para-hydroxylation sites is 1. The molecule has 184 valence electrons. The molecule has 1 saturated heterocycles. The van der Waals surface area contributed by atoms with Crippen LogP contribution in [0.15, 0.2) is 65.6 Å². The van der Waals surface area contributed by atoms with Crippen molar-refractivity contribution < 1.29 is 27.6 Å². The van der Waals surface area contributed by atoms with Gasteiger partial charge in [0.25, 0.3) is 5.91 Å². The number of carbonyl (C=O) groups excluding carboxylic acids is 1. The summed E-state index contributed by atoms with van der Waals surface area (Å²) in [7, 11) is 0. The van der Waals surface area contributed by atoms with Crippen molar-refractivity contribution in [2.24, 2.45) is 0 Å². The number of amides is 1. The highest BCUT2D eigenvalue weighted by Gasteiger charge is 2.35. The molecular formula is C25H17F3N2O4S2. The Balaban J connectivity index is 1.68. The number of anilines is 1. The minimum atomic E-state index is -4.74. The van der Waals surface area contributed by atoms with Gasteiger partial charge in [-0.1, -0.05) is 59.9 Å². The van der Waals surface area contributed by atoms with Crippen LogP contribution in [0.1, 0.15) is 22.3 Å². The number of ether oxygens (including phenoxy) is 1. The first-order chi connectivity index (χ1) is 17.0. The summed E-state index contributed by atoms with van der Waals surface area (Å²) >= 11 is 6.53. The maximum atomic E-state index is 13.2. The fraction of sp³-hybridized carbons (Fsp3) is 0.120. The molecule has 1 heterocycles. The number of nitrogens with zero attached hydrogens (tertiary/aromatic N) is 2. The van der Waals surface area contributed by atoms with Crippen LogP contribution in [-0.2, 0) is 11.0 Å². The minimum Gasteiger partial charge on any atom is -0.449 e. The fourth-order valence-electron chi connectivity index (χ4n) is 3.61. The maximum Gasteiger partial charge on any atom is 0.416 e. The number of thioether (sulfide) groups is 1. The Morgan fingerprint density at radius 3 is 2.44 bits per heavy atom. The van der Waals surface area contributed by atoms with E-state index < -0.39 is 22.4 Å². The van der Waals surface area contributed by atoms with Gasteiger partial charge in [0.15, 0.2) is 4.32 Å². The molecule has 0 aliphatic carbocycles. The summed E-state index contributed by atoms with van der Waals surface area (Å²) in [5, 5.41) is 11.4. The molecule has 0 spiro atoms. The summed E-state index contributed by atoms with van der Waals surface area (Å²) in [6.45, 7) is 3.82. The Morgan fingerprint density at radius 1 is 1.06 bits per heavy atom. The van der Waals surface area contributed by atoms with E-state index in [9.17, 15) is 28.1 Å². The predicted octanol–water partition coefficient (Wildman–Crippen LogP) is 7.43. The van der Waals surface area contributed by atoms with Crippen molar-refractivity contribution >= 4 is 51.7 Å². The number of hydrogen-bond acceptors (Lipinski definition) is 6. The van der Waals surface area contributed by atoms with Gasteiger partial charge in [0.05, 0.1) is 21.1 Å². The molecule has 3 aromatic rings. The lowest BCUT2D eigenvalue weighted by Crippen LogP contribution is -2.28. The highest BCUT2D eigenvalue weighted by atomic mass is 32.2. The van der Waals surface area contributed by atoms with Gasteiger partial charge in [-0.15, -0.1) is 0 Å². The van der Waals surface area contributed by atoms with Crippen LogP contribution in [0.25, 0.3) is 6.08 Å². The van der Waals surface area contributed by atoms with Gasteiger partial charge in [0, 0.05) is 11.6 Å². The molecule has 1 aliphatic heterocycles. The van der Waals surface area contributed by atoms with Crippen molar-refractivity contribution in [2.45, 2.75) is 20.0 Å². The van der Waals surface area contributed by atoms with Crippen molar-refractivity contribution in [1.82, 2.24) is 0 Å². The van der Waals surface area contributed by atoms with Gasteiger partial charge < -0.3 is 4.74 Å². The number of halogens is 3. The smallest absolute Gasteiger partial charge is 0.416 e. The van der Waals surface area contributed by atoms with E-state index in [0.717, 1.165) is 29.0 Å². The molecule has 0 atom stereocenters. The lowest BCUT2D eigenvalue weighted by molar-refractivity contribution is -0.385. The normalized spacial score (nSPS) is 15.0. The summed E-state index contributed by atoms with van der Waals surface area (Å²) in [5.74, 6) is -0.582. The Bertz CT molecular complexity index is 1440. The van der Waals surface area contributed by atoms with E-state index in [4.69, 9.17) is 17.0 Å². The number of hydrogen-bond donors (Lipinski definition) is 0. The lowest BCUT2D eigenvalue weighted by Gasteiger charge is -2.17. The van der Waals surface area contributed by atoms with Crippen LogP contribution >= 0.6 is 24.0 Å². The summed E-state index contributed by atoms with van der Waals surface area (Å²) in [4.78, 5) is 25.4. The summed E-state index contributed by atoms with van der Waals surface area (Å²) in [6, 6.07) is 14.1. The molecule has 4 rings (SSSR count). The number of aryl methyl sites for hydroxylation is 2. The second-order valence-corrected chi connectivity index (χ2v) is 9.56. The summed E-state index contributed by atoms with van der Waals surface area (Å²) in [6.07, 6.45) is -3.21. The Hall–Kier alpha value is -3.70. The quantitative estimate of drug-likeness (QED) is 0.148. The predicted molar refractivity (Wildman–Crippen MR) is 136 cm³/mol. The van der Waals surface area contributed by atoms with Crippen LogP contribution in [0.4, 0.5) is 24.5 Å². The van der Waals surface area contributed by atoms with Gasteiger partial charge >= 0.3 is 11.9 Å². The topological polar surface area (TPSA) is 72.7 Å². The first-order valence-electron chi connectivity index (χ1n) is 10.4. The second kappa shape index (κ2) is 9.75. The van der Waals surface area contributed by atoms with Crippen LogP contribution < -0.4 is 9.64 Å². The second-order valence-electron chi connectivity index (χ2n) is 7.88. The third-order valence-corrected chi connectivity index (χ3v) is 6.60. The van der Waals surface area contributed by atoms with Crippen molar-refractivity contribution in [1.29, 1.82) is 0 Å². The molecule has 36 heavy (non-hydrogen) atoms. The van der Waals surface area contributed by atoms with Crippen LogP contribution in [-0.4, -0.2) is 15.2 Å². The fourth-order valence-corrected chi connectivity index (χ4v) is 4.88. The molecule has 1 amide bonds. The maximum absolute atomic E-state index is 13.2. The van der Waals surface area contributed by atoms with Crippen LogP contribution in [0.2, 0.25) is 0 Å². The van der Waals surface area contributed by atoms with Gasteiger partial charge in [-0.2, -0.15) is 13.2 Å². The van der Waals surface area contributed by atoms with E-state index in [1.165, 1.54) is 17.0 Å². The van der Waals surface area contributed by atoms with Crippen molar-refractivity contribution in [3.63, 3.8) is 0 Å². The lowest BCUT2D eigenvalue weighted by atomic mass is 10.1. The van der Waals surface area contributed by atoms with Crippen LogP contribution in [0.5, 0.6) is 11.5 Å². The van der Waals surface area contributed by atoms with Crippen LogP contribution in [0.3, 0.4) is 0 Å². The van der Waals surface area contributed by atoms with E-state index in [1.807, 2.05) is 32.0 Å². The molecule has 0 saturated carbocycles. The molecular weight excluding hydrogens is 513 g/mol. The average Bonchev–Trinajstić information content (AvgIpc) is 3.07. The number of thiocarbonyl (C=S) groups is 1.